The standard InChI is InChI=1S/C20H16BrN3O5/c1-26-11-14(18(25)27-2)13-7-3-5-9-16(13)28-19-22-12-23-20(24-19)29-17-10-6-4-8-15(17)21/h3-12H,1-2H3/b14-11+. The molecule has 8 nitrogen and oxygen atoms in total. The van der Waals surface area contributed by atoms with E-state index in [0.717, 1.165) is 4.47 Å². The van der Waals surface area contributed by atoms with Crippen molar-refractivity contribution in [2.24, 2.45) is 0 Å². The molecule has 0 spiro atoms. The second-order valence-corrected chi connectivity index (χ2v) is 6.29. The summed E-state index contributed by atoms with van der Waals surface area (Å²) in [7, 11) is 2.72. The maximum Gasteiger partial charge on any atom is 0.341 e. The fraction of sp³-hybridized carbons (Fsp3) is 0.100. The first-order valence-electron chi connectivity index (χ1n) is 8.32. The highest BCUT2D eigenvalue weighted by atomic mass is 79.9. The van der Waals surface area contributed by atoms with Gasteiger partial charge in [-0.2, -0.15) is 9.97 Å². The molecule has 9 heteroatoms. The molecule has 0 amide bonds. The van der Waals surface area contributed by atoms with Crippen LogP contribution in [0.25, 0.3) is 5.57 Å². The Balaban J connectivity index is 1.89. The first-order valence-corrected chi connectivity index (χ1v) is 9.11. The SMILES string of the molecule is CO/C=C(/C(=O)OC)c1ccccc1Oc1ncnc(Oc2ccccc2Br)n1. The predicted molar refractivity (Wildman–Crippen MR) is 108 cm³/mol. The molecular weight excluding hydrogens is 442 g/mol. The van der Waals surface area contributed by atoms with Crippen LogP contribution < -0.4 is 9.47 Å². The highest BCUT2D eigenvalue weighted by molar-refractivity contribution is 9.10. The Bertz CT molecular complexity index is 1040. The summed E-state index contributed by atoms with van der Waals surface area (Å²) in [5.74, 6) is 0.303. The number of hydrogen-bond donors (Lipinski definition) is 0. The number of hydrogen-bond acceptors (Lipinski definition) is 8. The van der Waals surface area contributed by atoms with Crippen LogP contribution in [0.4, 0.5) is 0 Å². The normalized spacial score (nSPS) is 10.9. The molecule has 0 N–H and O–H groups in total. The lowest BCUT2D eigenvalue weighted by Crippen LogP contribution is -2.06. The molecule has 1 heterocycles. The number of benzene rings is 2. The topological polar surface area (TPSA) is 92.7 Å². The minimum atomic E-state index is -0.573. The van der Waals surface area contributed by atoms with Crippen LogP contribution in [0, 0.1) is 0 Å². The van der Waals surface area contributed by atoms with Gasteiger partial charge in [-0.3, -0.25) is 0 Å². The number of para-hydroxylation sites is 2. The molecule has 0 aliphatic rings. The van der Waals surface area contributed by atoms with Crippen LogP contribution in [-0.4, -0.2) is 35.1 Å². The van der Waals surface area contributed by atoms with Gasteiger partial charge in [-0.15, -0.1) is 4.98 Å². The lowest BCUT2D eigenvalue weighted by Gasteiger charge is -2.12. The summed E-state index contributed by atoms with van der Waals surface area (Å²) in [6.07, 6.45) is 2.55. The van der Waals surface area contributed by atoms with Crippen LogP contribution in [-0.2, 0) is 14.3 Å². The largest absolute Gasteiger partial charge is 0.503 e. The predicted octanol–water partition coefficient (Wildman–Crippen LogP) is 4.38. The molecule has 148 valence electrons. The molecule has 0 unspecified atom stereocenters. The van der Waals surface area contributed by atoms with E-state index < -0.39 is 5.97 Å². The average molecular weight is 458 g/mol. The Labute approximate surface area is 175 Å². The van der Waals surface area contributed by atoms with E-state index in [-0.39, 0.29) is 17.6 Å². The van der Waals surface area contributed by atoms with Crippen molar-refractivity contribution in [1.29, 1.82) is 0 Å². The fourth-order valence-electron chi connectivity index (χ4n) is 2.32. The molecule has 0 radical (unpaired) electrons. The Kier molecular flexibility index (Phi) is 6.75. The number of carbonyl (C=O) groups is 1. The van der Waals surface area contributed by atoms with Crippen molar-refractivity contribution < 1.29 is 23.7 Å². The second kappa shape index (κ2) is 9.65. The average Bonchev–Trinajstić information content (AvgIpc) is 2.74. The van der Waals surface area contributed by atoms with E-state index in [1.54, 1.807) is 30.3 Å². The monoisotopic (exact) mass is 457 g/mol. The number of esters is 1. The minimum absolute atomic E-state index is 0.00358. The van der Waals surface area contributed by atoms with Crippen LogP contribution in [0.5, 0.6) is 23.5 Å². The number of carbonyl (C=O) groups excluding carboxylic acids is 1. The summed E-state index contributed by atoms with van der Waals surface area (Å²) in [5, 5.41) is 0. The maximum atomic E-state index is 12.1. The van der Waals surface area contributed by atoms with Crippen LogP contribution in [0.1, 0.15) is 5.56 Å². The van der Waals surface area contributed by atoms with E-state index in [0.29, 0.717) is 17.1 Å². The molecule has 0 bridgehead atoms. The molecule has 0 saturated carbocycles. The van der Waals surface area contributed by atoms with Gasteiger partial charge in [-0.1, -0.05) is 30.3 Å². The Morgan fingerprint density at radius 3 is 2.21 bits per heavy atom. The third kappa shape index (κ3) is 5.08. The summed E-state index contributed by atoms with van der Waals surface area (Å²) in [4.78, 5) is 24.3. The van der Waals surface area contributed by atoms with Gasteiger partial charge in [0.25, 0.3) is 0 Å². The lowest BCUT2D eigenvalue weighted by molar-refractivity contribution is -0.133. The van der Waals surface area contributed by atoms with Crippen molar-refractivity contribution in [3.05, 3.63) is 71.2 Å². The van der Waals surface area contributed by atoms with Gasteiger partial charge < -0.3 is 18.9 Å². The van der Waals surface area contributed by atoms with Crippen molar-refractivity contribution in [2.75, 3.05) is 14.2 Å². The highest BCUT2D eigenvalue weighted by Gasteiger charge is 2.19. The van der Waals surface area contributed by atoms with E-state index in [1.165, 1.54) is 26.8 Å². The molecule has 3 rings (SSSR count). The Hall–Kier alpha value is -3.46. The third-order valence-electron chi connectivity index (χ3n) is 3.59. The Morgan fingerprint density at radius 2 is 1.55 bits per heavy atom. The zero-order chi connectivity index (χ0) is 20.6. The van der Waals surface area contributed by atoms with Gasteiger partial charge in [0.15, 0.2) is 0 Å². The van der Waals surface area contributed by atoms with Gasteiger partial charge >= 0.3 is 18.0 Å². The number of rotatable bonds is 7. The molecule has 2 aromatic carbocycles. The molecule has 0 fully saturated rings. The summed E-state index contributed by atoms with van der Waals surface area (Å²) in [5.41, 5.74) is 0.638. The van der Waals surface area contributed by atoms with Crippen molar-refractivity contribution in [2.45, 2.75) is 0 Å². The van der Waals surface area contributed by atoms with E-state index in [2.05, 4.69) is 30.9 Å². The molecular formula is C20H16BrN3O5. The quantitative estimate of drug-likeness (QED) is 0.293. The van der Waals surface area contributed by atoms with Crippen LogP contribution in [0.3, 0.4) is 0 Å². The van der Waals surface area contributed by atoms with Crippen LogP contribution in [0.15, 0.2) is 65.6 Å². The van der Waals surface area contributed by atoms with Gasteiger partial charge in [0.2, 0.25) is 0 Å². The molecule has 29 heavy (non-hydrogen) atoms. The van der Waals surface area contributed by atoms with Crippen molar-refractivity contribution in [3.8, 4) is 23.5 Å². The first-order chi connectivity index (χ1) is 14.1. The molecule has 3 aromatic rings. The first kappa shape index (κ1) is 20.3. The van der Waals surface area contributed by atoms with Crippen molar-refractivity contribution in [3.63, 3.8) is 0 Å². The number of aromatic nitrogens is 3. The zero-order valence-corrected chi connectivity index (χ0v) is 17.1. The fourth-order valence-corrected chi connectivity index (χ4v) is 2.68. The van der Waals surface area contributed by atoms with E-state index in [9.17, 15) is 4.79 Å². The molecule has 0 aliphatic carbocycles. The second-order valence-electron chi connectivity index (χ2n) is 5.44. The molecule has 0 aliphatic heterocycles. The number of ether oxygens (including phenoxy) is 4. The summed E-state index contributed by atoms with van der Waals surface area (Å²) < 4.78 is 22.0. The highest BCUT2D eigenvalue weighted by Crippen LogP contribution is 2.31. The Morgan fingerprint density at radius 1 is 0.931 bits per heavy atom. The molecule has 0 atom stereocenters. The van der Waals surface area contributed by atoms with Gasteiger partial charge in [-0.05, 0) is 34.1 Å². The smallest absolute Gasteiger partial charge is 0.341 e. The van der Waals surface area contributed by atoms with Crippen molar-refractivity contribution in [1.82, 2.24) is 15.0 Å². The minimum Gasteiger partial charge on any atom is -0.503 e. The van der Waals surface area contributed by atoms with Gasteiger partial charge in [0.1, 0.15) is 23.4 Å². The zero-order valence-electron chi connectivity index (χ0n) is 15.5. The van der Waals surface area contributed by atoms with Crippen LogP contribution in [0.2, 0.25) is 0 Å². The van der Waals surface area contributed by atoms with E-state index >= 15 is 0 Å². The maximum absolute atomic E-state index is 12.1. The van der Waals surface area contributed by atoms with Gasteiger partial charge in [0, 0.05) is 5.56 Å². The third-order valence-corrected chi connectivity index (χ3v) is 4.24. The number of methoxy groups -OCH3 is 2. The number of halogens is 1. The van der Waals surface area contributed by atoms with Gasteiger partial charge in [-0.25, -0.2) is 4.79 Å². The summed E-state index contributed by atoms with van der Waals surface area (Å²) in [6, 6.07) is 14.2. The molecule has 1 aromatic heterocycles. The van der Waals surface area contributed by atoms with Crippen molar-refractivity contribution >= 4 is 27.5 Å². The summed E-state index contributed by atoms with van der Waals surface area (Å²) >= 11 is 3.40. The van der Waals surface area contributed by atoms with E-state index in [1.807, 2.05) is 18.2 Å². The number of nitrogens with zero attached hydrogens (tertiary/aromatic N) is 3. The molecule has 0 saturated heterocycles. The lowest BCUT2D eigenvalue weighted by atomic mass is 10.1. The van der Waals surface area contributed by atoms with Crippen LogP contribution >= 0.6 is 15.9 Å². The van der Waals surface area contributed by atoms with Gasteiger partial charge in [0.05, 0.1) is 25.0 Å². The summed E-state index contributed by atoms with van der Waals surface area (Å²) in [6.45, 7) is 0. The van der Waals surface area contributed by atoms with E-state index in [4.69, 9.17) is 18.9 Å².